The predicted octanol–water partition coefficient (Wildman–Crippen LogP) is 2.84. The van der Waals surface area contributed by atoms with E-state index < -0.39 is 11.9 Å². The number of anilines is 1. The number of carbonyl (C=O) groups is 1. The quantitative estimate of drug-likeness (QED) is 0.931. The van der Waals surface area contributed by atoms with Crippen LogP contribution in [0, 0.1) is 17.1 Å². The zero-order chi connectivity index (χ0) is 14.4. The van der Waals surface area contributed by atoms with Crippen molar-refractivity contribution >= 4 is 11.9 Å². The van der Waals surface area contributed by atoms with Crippen molar-refractivity contribution in [1.82, 2.24) is 4.98 Å². The van der Waals surface area contributed by atoms with Crippen LogP contribution in [-0.2, 0) is 11.3 Å². The highest BCUT2D eigenvalue weighted by molar-refractivity contribution is 5.83. The molecule has 6 heteroatoms. The lowest BCUT2D eigenvalue weighted by molar-refractivity contribution is 0.155. The standard InChI is InChI=1S/C14H10FN3O2/c15-12-6-11(7-16)8-17-13(12)18-14(19)20-9-10-4-2-1-3-5-10/h1-6,8H,9H2,(H,17,18,19). The normalized spacial score (nSPS) is 9.60. The molecule has 0 radical (unpaired) electrons. The Kier molecular flexibility index (Phi) is 4.24. The van der Waals surface area contributed by atoms with Crippen molar-refractivity contribution in [1.29, 1.82) is 5.26 Å². The van der Waals surface area contributed by atoms with Crippen LogP contribution >= 0.6 is 0 Å². The fraction of sp³-hybridized carbons (Fsp3) is 0.0714. The van der Waals surface area contributed by atoms with Crippen LogP contribution in [0.1, 0.15) is 11.1 Å². The average molecular weight is 271 g/mol. The number of carbonyl (C=O) groups excluding carboxylic acids is 1. The summed E-state index contributed by atoms with van der Waals surface area (Å²) >= 11 is 0. The maximum Gasteiger partial charge on any atom is 0.413 e. The first kappa shape index (κ1) is 13.5. The number of benzene rings is 1. The first-order valence-electron chi connectivity index (χ1n) is 5.72. The van der Waals surface area contributed by atoms with Crippen LogP contribution in [0.25, 0.3) is 0 Å². The Morgan fingerprint density at radius 1 is 1.40 bits per heavy atom. The van der Waals surface area contributed by atoms with E-state index in [4.69, 9.17) is 10.00 Å². The Bertz CT molecular complexity index is 653. The number of rotatable bonds is 3. The van der Waals surface area contributed by atoms with Crippen LogP contribution in [0.4, 0.5) is 15.0 Å². The molecule has 0 unspecified atom stereocenters. The van der Waals surface area contributed by atoms with Gasteiger partial charge in [0.15, 0.2) is 11.6 Å². The van der Waals surface area contributed by atoms with E-state index in [-0.39, 0.29) is 18.0 Å². The number of halogens is 1. The summed E-state index contributed by atoms with van der Waals surface area (Å²) in [6.45, 7) is 0.0740. The summed E-state index contributed by atoms with van der Waals surface area (Å²) in [6.07, 6.45) is 0.348. The minimum Gasteiger partial charge on any atom is -0.444 e. The molecule has 0 saturated heterocycles. The van der Waals surface area contributed by atoms with Gasteiger partial charge >= 0.3 is 6.09 Å². The van der Waals surface area contributed by atoms with Crippen LogP contribution in [0.15, 0.2) is 42.6 Å². The third-order valence-electron chi connectivity index (χ3n) is 2.40. The molecule has 0 atom stereocenters. The summed E-state index contributed by atoms with van der Waals surface area (Å²) in [4.78, 5) is 15.1. The van der Waals surface area contributed by atoms with Crippen molar-refractivity contribution in [3.05, 3.63) is 59.5 Å². The van der Waals surface area contributed by atoms with Crippen LogP contribution in [0.5, 0.6) is 0 Å². The summed E-state index contributed by atoms with van der Waals surface area (Å²) in [5, 5.41) is 10.8. The Balaban J connectivity index is 1.93. The van der Waals surface area contributed by atoms with Gasteiger partial charge in [-0.15, -0.1) is 0 Å². The molecule has 0 aliphatic carbocycles. The van der Waals surface area contributed by atoms with Crippen molar-refractivity contribution in [2.45, 2.75) is 6.61 Å². The third kappa shape index (κ3) is 3.53. The zero-order valence-corrected chi connectivity index (χ0v) is 10.3. The second-order valence-electron chi connectivity index (χ2n) is 3.85. The summed E-state index contributed by atoms with van der Waals surface area (Å²) in [5.41, 5.74) is 0.890. The Labute approximate surface area is 114 Å². The van der Waals surface area contributed by atoms with E-state index in [9.17, 15) is 9.18 Å². The number of amides is 1. The largest absolute Gasteiger partial charge is 0.444 e. The van der Waals surface area contributed by atoms with Crippen LogP contribution in [0.3, 0.4) is 0 Å². The molecule has 20 heavy (non-hydrogen) atoms. The van der Waals surface area contributed by atoms with Crippen molar-refractivity contribution < 1.29 is 13.9 Å². The van der Waals surface area contributed by atoms with Gasteiger partial charge in [-0.05, 0) is 11.6 Å². The van der Waals surface area contributed by atoms with Gasteiger partial charge in [0.05, 0.1) is 5.56 Å². The summed E-state index contributed by atoms with van der Waals surface area (Å²) in [7, 11) is 0. The Hall–Kier alpha value is -2.94. The summed E-state index contributed by atoms with van der Waals surface area (Å²) < 4.78 is 18.4. The Morgan fingerprint density at radius 2 is 2.15 bits per heavy atom. The predicted molar refractivity (Wildman–Crippen MR) is 69.2 cm³/mol. The first-order chi connectivity index (χ1) is 9.69. The first-order valence-corrected chi connectivity index (χ1v) is 5.72. The van der Waals surface area contributed by atoms with Crippen molar-refractivity contribution in [3.63, 3.8) is 0 Å². The molecule has 0 spiro atoms. The molecule has 5 nitrogen and oxygen atoms in total. The highest BCUT2D eigenvalue weighted by Gasteiger charge is 2.10. The van der Waals surface area contributed by atoms with Gasteiger partial charge in [-0.3, -0.25) is 5.32 Å². The van der Waals surface area contributed by atoms with E-state index >= 15 is 0 Å². The molecule has 1 N–H and O–H groups in total. The van der Waals surface area contributed by atoms with Gasteiger partial charge < -0.3 is 4.74 Å². The number of nitriles is 1. The van der Waals surface area contributed by atoms with E-state index in [2.05, 4.69) is 10.3 Å². The minimum absolute atomic E-state index is 0.0740. The molecule has 1 aromatic carbocycles. The van der Waals surface area contributed by atoms with Gasteiger partial charge in [0.1, 0.15) is 12.7 Å². The second-order valence-corrected chi connectivity index (χ2v) is 3.85. The zero-order valence-electron chi connectivity index (χ0n) is 10.3. The van der Waals surface area contributed by atoms with E-state index in [0.717, 1.165) is 17.8 Å². The maximum absolute atomic E-state index is 13.5. The molecule has 2 aromatic rings. The molecule has 0 saturated carbocycles. The van der Waals surface area contributed by atoms with Crippen molar-refractivity contribution in [2.24, 2.45) is 0 Å². The molecular formula is C14H10FN3O2. The van der Waals surface area contributed by atoms with Crippen LogP contribution in [0.2, 0.25) is 0 Å². The van der Waals surface area contributed by atoms with E-state index in [0.29, 0.717) is 0 Å². The number of aromatic nitrogens is 1. The van der Waals surface area contributed by atoms with E-state index in [1.807, 2.05) is 18.2 Å². The molecule has 0 aliphatic rings. The molecular weight excluding hydrogens is 261 g/mol. The Morgan fingerprint density at radius 3 is 2.80 bits per heavy atom. The number of pyridine rings is 1. The fourth-order valence-electron chi connectivity index (χ4n) is 1.45. The molecule has 0 fully saturated rings. The molecule has 100 valence electrons. The van der Waals surface area contributed by atoms with E-state index in [1.165, 1.54) is 0 Å². The maximum atomic E-state index is 13.5. The van der Waals surface area contributed by atoms with Gasteiger partial charge in [-0.25, -0.2) is 14.2 Å². The SMILES string of the molecule is N#Cc1cnc(NC(=O)OCc2ccccc2)c(F)c1. The summed E-state index contributed by atoms with van der Waals surface area (Å²) in [5.74, 6) is -1.07. The van der Waals surface area contributed by atoms with Gasteiger partial charge in [0.25, 0.3) is 0 Å². The average Bonchev–Trinajstić information content (AvgIpc) is 2.48. The van der Waals surface area contributed by atoms with Crippen LogP contribution < -0.4 is 5.32 Å². The topological polar surface area (TPSA) is 75.0 Å². The van der Waals surface area contributed by atoms with Gasteiger partial charge in [0, 0.05) is 6.20 Å². The van der Waals surface area contributed by atoms with Crippen molar-refractivity contribution in [2.75, 3.05) is 5.32 Å². The second kappa shape index (κ2) is 6.29. The lowest BCUT2D eigenvalue weighted by Crippen LogP contribution is -2.15. The minimum atomic E-state index is -0.815. The number of hydrogen-bond acceptors (Lipinski definition) is 4. The van der Waals surface area contributed by atoms with Gasteiger partial charge in [-0.2, -0.15) is 5.26 Å². The molecule has 1 aromatic heterocycles. The fourth-order valence-corrected chi connectivity index (χ4v) is 1.45. The van der Waals surface area contributed by atoms with Gasteiger partial charge in [-0.1, -0.05) is 30.3 Å². The molecule has 2 rings (SSSR count). The lowest BCUT2D eigenvalue weighted by atomic mass is 10.2. The smallest absolute Gasteiger partial charge is 0.413 e. The highest BCUT2D eigenvalue weighted by atomic mass is 19.1. The molecule has 0 bridgehead atoms. The third-order valence-corrected chi connectivity index (χ3v) is 2.40. The molecule has 0 aliphatic heterocycles. The monoisotopic (exact) mass is 271 g/mol. The van der Waals surface area contributed by atoms with Crippen molar-refractivity contribution in [3.8, 4) is 6.07 Å². The number of ether oxygens (including phenoxy) is 1. The molecule has 1 amide bonds. The molecule has 1 heterocycles. The van der Waals surface area contributed by atoms with E-state index in [1.54, 1.807) is 18.2 Å². The van der Waals surface area contributed by atoms with Crippen LogP contribution in [-0.4, -0.2) is 11.1 Å². The highest BCUT2D eigenvalue weighted by Crippen LogP contribution is 2.12. The number of hydrogen-bond donors (Lipinski definition) is 1. The lowest BCUT2D eigenvalue weighted by Gasteiger charge is -2.07. The summed E-state index contributed by atoms with van der Waals surface area (Å²) in [6, 6.07) is 11.8. The van der Waals surface area contributed by atoms with Gasteiger partial charge in [0.2, 0.25) is 0 Å². The number of nitrogens with one attached hydrogen (secondary N) is 1. The number of nitrogens with zero attached hydrogens (tertiary/aromatic N) is 2.